The first-order valence-corrected chi connectivity index (χ1v) is 37.5. The van der Waals surface area contributed by atoms with Gasteiger partial charge in [-0.3, -0.25) is 0 Å². The minimum absolute atomic E-state index is 0.330. The number of thiophene rings is 3. The largest absolute Gasteiger partial charge is 0.496 e. The molecule has 3 aromatic heterocycles. The number of fused-ring (bicyclic) bond motifs is 15. The number of hydrogen-bond acceptors (Lipinski definition) is 9. The van der Waals surface area contributed by atoms with Crippen molar-refractivity contribution in [3.63, 3.8) is 0 Å². The number of halogens is 4. The molecule has 6 nitrogen and oxygen atoms in total. The molecule has 0 saturated carbocycles. The molecule has 0 aliphatic carbocycles. The van der Waals surface area contributed by atoms with Crippen molar-refractivity contribution in [2.75, 3.05) is 0 Å². The van der Waals surface area contributed by atoms with Gasteiger partial charge in [0, 0.05) is 83.0 Å². The molecule has 0 amide bonds. The van der Waals surface area contributed by atoms with Crippen LogP contribution in [0.15, 0.2) is 226 Å². The first-order chi connectivity index (χ1) is 44.7. The van der Waals surface area contributed by atoms with Gasteiger partial charge in [0.15, 0.2) is 0 Å². The molecule has 0 N–H and O–H groups in total. The molecule has 0 atom stereocenters. The van der Waals surface area contributed by atoms with Gasteiger partial charge < -0.3 is 27.9 Å². The summed E-state index contributed by atoms with van der Waals surface area (Å²) < 4.78 is 49.2. The highest BCUT2D eigenvalue weighted by Crippen LogP contribution is 2.47. The van der Waals surface area contributed by atoms with E-state index in [1.165, 1.54) is 112 Å². The van der Waals surface area contributed by atoms with Gasteiger partial charge in [-0.15, -0.1) is 34.0 Å². The molecule has 0 spiro atoms. The van der Waals surface area contributed by atoms with Crippen LogP contribution >= 0.6 is 104 Å². The second kappa shape index (κ2) is 26.3. The first-order valence-electron chi connectivity index (χ1n) is 31.6. The molecule has 0 bridgehead atoms. The monoisotopic (exact) mass is 1600 g/mol. The van der Waals surface area contributed by atoms with E-state index in [0.29, 0.717) is 0 Å². The smallest absolute Gasteiger partial charge is 0.405 e. The normalized spacial score (nSPS) is 17.3. The molecule has 3 fully saturated rings. The first kappa shape index (κ1) is 67.5. The zero-order valence-electron chi connectivity index (χ0n) is 54.6. The van der Waals surface area contributed by atoms with Crippen molar-refractivity contribution in [3.8, 4) is 11.1 Å². The van der Waals surface area contributed by atoms with E-state index in [9.17, 15) is 0 Å². The average Bonchev–Trinajstić information content (AvgIpc) is 1.59. The lowest BCUT2D eigenvalue weighted by Crippen LogP contribution is -2.41. The van der Waals surface area contributed by atoms with Crippen LogP contribution in [0.25, 0.3) is 104 Å². The van der Waals surface area contributed by atoms with Gasteiger partial charge in [0.1, 0.15) is 0 Å². The maximum Gasteiger partial charge on any atom is 0.496 e. The predicted octanol–water partition coefficient (Wildman–Crippen LogP) is 24.4. The summed E-state index contributed by atoms with van der Waals surface area (Å²) in [5, 5.41) is 16.0. The minimum atomic E-state index is -0.476. The summed E-state index contributed by atoms with van der Waals surface area (Å²) in [5.41, 5.74) is 1.61. The van der Waals surface area contributed by atoms with Gasteiger partial charge >= 0.3 is 21.1 Å². The Kier molecular flexibility index (Phi) is 18.9. The Morgan fingerprint density at radius 1 is 0.319 bits per heavy atom. The Bertz CT molecular complexity index is 5060. The van der Waals surface area contributed by atoms with E-state index in [2.05, 4.69) is 298 Å². The molecule has 0 radical (unpaired) electrons. The van der Waals surface area contributed by atoms with Gasteiger partial charge in [0.05, 0.1) is 33.6 Å². The Hall–Kier alpha value is -5.02. The van der Waals surface area contributed by atoms with Crippen LogP contribution in [-0.2, 0) is 27.9 Å². The van der Waals surface area contributed by atoms with Crippen LogP contribution in [0.4, 0.5) is 0 Å². The van der Waals surface area contributed by atoms with E-state index in [1.807, 2.05) is 102 Å². The fourth-order valence-electron chi connectivity index (χ4n) is 12.1. The summed E-state index contributed by atoms with van der Waals surface area (Å²) in [6.45, 7) is 24.6. The van der Waals surface area contributed by atoms with Crippen LogP contribution in [0.5, 0.6) is 0 Å². The number of rotatable bonds is 3. The summed E-state index contributed by atoms with van der Waals surface area (Å²) in [6, 6.07) is 75.6. The van der Waals surface area contributed by atoms with Crippen molar-refractivity contribution in [3.05, 3.63) is 229 Å². The standard InChI is InChI=1S/C22H21BO2S.C22H13BrS.C16H9BrS.C12H24B2O4.C6H4BrI/c1-21(2)22(3,4)25-23(24-21)17-11-7-10-16-19-15-9-6-5-8-14(15)12-13-18(19)26-20(16)17;23-16-11-8-15(9-12-16)18-6-3-7-19-21-17-5-2-1-4-14(17)10-13-20(21)24-22(18)19;17-13-7-3-6-12-15-11-5-2-1-4-10(11)8-9-14(15)18-16(12)13;1-9(2)10(3,4)16-13(15-9)14-17-11(5,6)12(7,8)18-14;7-5-1-3-6(8)4-2-5/h5-13H,1-4H3;1-13H;1-9H;1-8H3;1-4H. The molecule has 3 aliphatic rings. The lowest BCUT2D eigenvalue weighted by atomic mass is 9.49. The van der Waals surface area contributed by atoms with Crippen molar-refractivity contribution < 1.29 is 27.9 Å². The van der Waals surface area contributed by atoms with Gasteiger partial charge in [-0.2, -0.15) is 0 Å². The van der Waals surface area contributed by atoms with Crippen LogP contribution in [0, 0.1) is 3.57 Å². The maximum absolute atomic E-state index is 6.33. The lowest BCUT2D eigenvalue weighted by Gasteiger charge is -2.32. The maximum atomic E-state index is 6.33. The highest BCUT2D eigenvalue weighted by molar-refractivity contribution is 14.1. The van der Waals surface area contributed by atoms with Crippen molar-refractivity contribution in [2.24, 2.45) is 0 Å². The van der Waals surface area contributed by atoms with Gasteiger partial charge in [0.25, 0.3) is 0 Å². The Morgan fingerprint density at radius 2 is 0.660 bits per heavy atom. The van der Waals surface area contributed by atoms with Crippen LogP contribution in [-0.4, -0.2) is 54.7 Å². The molecule has 3 saturated heterocycles. The Labute approximate surface area is 602 Å². The van der Waals surface area contributed by atoms with Crippen LogP contribution < -0.4 is 5.46 Å². The third-order valence-electron chi connectivity index (χ3n) is 19.4. The molecular weight excluding hydrogens is 1530 g/mol. The van der Waals surface area contributed by atoms with E-state index >= 15 is 0 Å². The van der Waals surface area contributed by atoms with E-state index in [-0.39, 0.29) is 40.7 Å². The molecule has 11 aromatic carbocycles. The fourth-order valence-corrected chi connectivity index (χ4v) is 17.2. The van der Waals surface area contributed by atoms with Crippen LogP contribution in [0.3, 0.4) is 0 Å². The van der Waals surface area contributed by atoms with Crippen LogP contribution in [0.1, 0.15) is 83.1 Å². The molecular formula is C78H71B3Br3IO6S3. The van der Waals surface area contributed by atoms with Gasteiger partial charge in [-0.25, -0.2) is 0 Å². The zero-order valence-corrected chi connectivity index (χ0v) is 64.0. The highest BCUT2D eigenvalue weighted by atomic mass is 127. The van der Waals surface area contributed by atoms with Crippen molar-refractivity contribution in [1.29, 1.82) is 0 Å². The van der Waals surface area contributed by atoms with Gasteiger partial charge in [-0.1, -0.05) is 184 Å². The van der Waals surface area contributed by atoms with Crippen molar-refractivity contribution >= 4 is 224 Å². The summed E-state index contributed by atoms with van der Waals surface area (Å²) in [6.07, 6.45) is 0. The second-order valence-corrected chi connectivity index (χ2v) is 34.2. The average molecular weight is 1600 g/mol. The molecule has 0 unspecified atom stereocenters. The topological polar surface area (TPSA) is 55.4 Å². The van der Waals surface area contributed by atoms with E-state index in [4.69, 9.17) is 27.9 Å². The Morgan fingerprint density at radius 3 is 1.10 bits per heavy atom. The zero-order chi connectivity index (χ0) is 66.3. The lowest BCUT2D eigenvalue weighted by molar-refractivity contribution is 0.00578. The molecule has 17 rings (SSSR count). The predicted molar refractivity (Wildman–Crippen MR) is 426 cm³/mol. The third kappa shape index (κ3) is 13.1. The molecule has 3 aliphatic heterocycles. The minimum Gasteiger partial charge on any atom is -0.405 e. The van der Waals surface area contributed by atoms with Crippen molar-refractivity contribution in [2.45, 2.75) is 117 Å². The molecule has 14 aromatic rings. The Balaban J connectivity index is 0.000000111. The van der Waals surface area contributed by atoms with E-state index in [1.54, 1.807) is 0 Å². The fraction of sp³-hybridized carbons (Fsp3) is 0.231. The SMILES string of the molecule is Brc1ccc(-c2cccc3c2sc2ccc4ccccc4c23)cc1.Brc1ccc(I)cc1.Brc1cccc2c1sc1ccc3ccccc3c12.CC1(C)OB(B2OC(C)(C)C(C)(C)O2)OC1(C)C.CC1(C)OB(c2cccc3c2sc2ccc4ccccc4c23)OC1(C)C. The second-order valence-electron chi connectivity index (χ2n) is 27.1. The molecule has 6 heterocycles. The molecule has 474 valence electrons. The summed E-state index contributed by atoms with van der Waals surface area (Å²) in [5.74, 6) is 0. The quantitative estimate of drug-likeness (QED) is 0.130. The third-order valence-corrected chi connectivity index (χ3v) is 25.7. The van der Waals surface area contributed by atoms with Crippen molar-refractivity contribution in [1.82, 2.24) is 0 Å². The van der Waals surface area contributed by atoms with E-state index in [0.717, 1.165) is 14.4 Å². The van der Waals surface area contributed by atoms with Gasteiger partial charge in [0.2, 0.25) is 0 Å². The number of hydrogen-bond donors (Lipinski definition) is 0. The summed E-state index contributed by atoms with van der Waals surface area (Å²) >= 11 is 18.4. The van der Waals surface area contributed by atoms with E-state index < -0.39 is 14.0 Å². The highest BCUT2D eigenvalue weighted by Gasteiger charge is 2.64. The summed E-state index contributed by atoms with van der Waals surface area (Å²) in [4.78, 5) is 0. The van der Waals surface area contributed by atoms with Crippen LogP contribution in [0.2, 0.25) is 0 Å². The number of benzene rings is 11. The van der Waals surface area contributed by atoms with Gasteiger partial charge in [-0.05, 0) is 226 Å². The summed E-state index contributed by atoms with van der Waals surface area (Å²) in [7, 11) is -1.28. The molecule has 16 heteroatoms. The molecule has 94 heavy (non-hydrogen) atoms.